The van der Waals surface area contributed by atoms with Crippen molar-refractivity contribution in [2.45, 2.75) is 6.42 Å². The van der Waals surface area contributed by atoms with Crippen LogP contribution in [0.25, 0.3) is 0 Å². The van der Waals surface area contributed by atoms with Gasteiger partial charge in [0.05, 0.1) is 11.8 Å². The van der Waals surface area contributed by atoms with Gasteiger partial charge in [0.15, 0.2) is 0 Å². The Morgan fingerprint density at radius 2 is 2.23 bits per heavy atom. The average Bonchev–Trinajstić information content (AvgIpc) is 2.09. The fourth-order valence-electron chi connectivity index (χ4n) is 0.984. The number of nitrogens with zero attached hydrogens (tertiary/aromatic N) is 1. The van der Waals surface area contributed by atoms with Gasteiger partial charge >= 0.3 is 0 Å². The lowest BCUT2D eigenvalue weighted by molar-refractivity contribution is 0.421. The summed E-state index contributed by atoms with van der Waals surface area (Å²) in [5, 5.41) is 18.0. The van der Waals surface area contributed by atoms with Crippen LogP contribution in [-0.2, 0) is 0 Å². The summed E-state index contributed by atoms with van der Waals surface area (Å²) in [6.45, 7) is 3.69. The predicted octanol–water partition coefficient (Wildman–Crippen LogP) is 1.68. The van der Waals surface area contributed by atoms with Crippen molar-refractivity contribution < 1.29 is 5.11 Å². The topological polar surface area (TPSA) is 70.0 Å². The molecular weight excluding hydrogens is 164 g/mol. The number of aliphatic hydroxyl groups excluding tert-OH is 1. The van der Waals surface area contributed by atoms with E-state index in [4.69, 9.17) is 11.0 Å². The van der Waals surface area contributed by atoms with Crippen LogP contribution in [0.3, 0.4) is 0 Å². The number of aliphatic hydroxyl groups is 1. The predicted molar refractivity (Wildman–Crippen MR) is 50.4 cm³/mol. The highest BCUT2D eigenvalue weighted by Gasteiger charge is 2.04. The van der Waals surface area contributed by atoms with Gasteiger partial charge in [-0.2, -0.15) is 5.26 Å². The molecule has 13 heavy (non-hydrogen) atoms. The van der Waals surface area contributed by atoms with E-state index < -0.39 is 0 Å². The summed E-state index contributed by atoms with van der Waals surface area (Å²) < 4.78 is 0. The van der Waals surface area contributed by atoms with E-state index in [1.54, 1.807) is 6.08 Å². The van der Waals surface area contributed by atoms with Crippen LogP contribution in [0, 0.1) is 11.3 Å². The first kappa shape index (κ1) is 9.14. The van der Waals surface area contributed by atoms with Crippen molar-refractivity contribution in [2.75, 3.05) is 0 Å². The highest BCUT2D eigenvalue weighted by molar-refractivity contribution is 5.41. The van der Waals surface area contributed by atoms with Crippen molar-refractivity contribution in [3.8, 4) is 6.07 Å². The second kappa shape index (κ2) is 3.63. The third kappa shape index (κ3) is 2.24. The molecule has 3 nitrogen and oxygen atoms in total. The van der Waals surface area contributed by atoms with Gasteiger partial charge in [0.25, 0.3) is 0 Å². The summed E-state index contributed by atoms with van der Waals surface area (Å²) in [7, 11) is 0. The molecule has 0 saturated carbocycles. The van der Waals surface area contributed by atoms with Crippen molar-refractivity contribution >= 4 is 0 Å². The molecular formula is C10H10N2O. The maximum atomic E-state index is 9.31. The normalized spacial score (nSPS) is 17.5. The van der Waals surface area contributed by atoms with Crippen LogP contribution in [0.1, 0.15) is 6.42 Å². The molecule has 3 N–H and O–H groups in total. The molecule has 1 aliphatic carbocycles. The summed E-state index contributed by atoms with van der Waals surface area (Å²) >= 11 is 0. The zero-order chi connectivity index (χ0) is 9.84. The standard InChI is InChI=1S/C10H10N2O/c1-7-4-8(6-11)2-3-9(12)10(13)5-7/h2-3,5,13H,1,4,12H2. The summed E-state index contributed by atoms with van der Waals surface area (Å²) in [4.78, 5) is 0. The van der Waals surface area contributed by atoms with E-state index in [-0.39, 0.29) is 11.5 Å². The summed E-state index contributed by atoms with van der Waals surface area (Å²) in [5.41, 5.74) is 6.97. The summed E-state index contributed by atoms with van der Waals surface area (Å²) in [6, 6.07) is 2.03. The third-order valence-corrected chi connectivity index (χ3v) is 1.66. The molecule has 0 unspecified atom stereocenters. The van der Waals surface area contributed by atoms with Crippen LogP contribution in [0.4, 0.5) is 0 Å². The van der Waals surface area contributed by atoms with Crippen molar-refractivity contribution in [3.05, 3.63) is 47.4 Å². The van der Waals surface area contributed by atoms with Gasteiger partial charge in [0.2, 0.25) is 0 Å². The fourth-order valence-corrected chi connectivity index (χ4v) is 0.984. The van der Waals surface area contributed by atoms with Crippen LogP contribution in [0.5, 0.6) is 0 Å². The van der Waals surface area contributed by atoms with Crippen LogP contribution in [0.2, 0.25) is 0 Å². The fraction of sp³-hybridized carbons (Fsp3) is 0.100. The van der Waals surface area contributed by atoms with Crippen molar-refractivity contribution in [1.82, 2.24) is 0 Å². The monoisotopic (exact) mass is 174 g/mol. The van der Waals surface area contributed by atoms with Gasteiger partial charge < -0.3 is 10.8 Å². The van der Waals surface area contributed by atoms with Gasteiger partial charge in [-0.25, -0.2) is 0 Å². The molecule has 1 aliphatic rings. The first-order valence-electron chi connectivity index (χ1n) is 3.78. The number of nitriles is 1. The molecule has 0 bridgehead atoms. The summed E-state index contributed by atoms with van der Waals surface area (Å²) in [5.74, 6) is -0.00163. The van der Waals surface area contributed by atoms with Crippen molar-refractivity contribution in [2.24, 2.45) is 5.73 Å². The number of hydrogen-bond donors (Lipinski definition) is 2. The van der Waals surface area contributed by atoms with E-state index in [9.17, 15) is 5.11 Å². The third-order valence-electron chi connectivity index (χ3n) is 1.66. The largest absolute Gasteiger partial charge is 0.506 e. The van der Waals surface area contributed by atoms with E-state index in [0.29, 0.717) is 17.6 Å². The van der Waals surface area contributed by atoms with Crippen LogP contribution >= 0.6 is 0 Å². The molecule has 0 atom stereocenters. The van der Waals surface area contributed by atoms with Gasteiger partial charge in [-0.15, -0.1) is 0 Å². The SMILES string of the molecule is C=C1C=C(O)C(N)=CC=C(C#N)C1. The molecule has 0 aliphatic heterocycles. The minimum Gasteiger partial charge on any atom is -0.506 e. The van der Waals surface area contributed by atoms with E-state index in [2.05, 4.69) is 6.58 Å². The lowest BCUT2D eigenvalue weighted by atomic mass is 10.0. The molecule has 0 aromatic heterocycles. The molecule has 66 valence electrons. The Morgan fingerprint density at radius 3 is 2.85 bits per heavy atom. The Morgan fingerprint density at radius 1 is 1.54 bits per heavy atom. The van der Waals surface area contributed by atoms with Gasteiger partial charge in [0, 0.05) is 12.0 Å². The molecule has 0 heterocycles. The zero-order valence-corrected chi connectivity index (χ0v) is 7.12. The van der Waals surface area contributed by atoms with Gasteiger partial charge in [-0.05, 0) is 23.8 Å². The molecule has 0 saturated heterocycles. The molecule has 0 aromatic carbocycles. The van der Waals surface area contributed by atoms with E-state index in [0.717, 1.165) is 0 Å². The quantitative estimate of drug-likeness (QED) is 0.587. The Kier molecular flexibility index (Phi) is 2.56. The molecule has 0 fully saturated rings. The van der Waals surface area contributed by atoms with Gasteiger partial charge in [-0.3, -0.25) is 0 Å². The molecule has 0 spiro atoms. The zero-order valence-electron chi connectivity index (χ0n) is 7.12. The molecule has 0 radical (unpaired) electrons. The Labute approximate surface area is 76.8 Å². The lowest BCUT2D eigenvalue weighted by Gasteiger charge is -2.05. The smallest absolute Gasteiger partial charge is 0.138 e. The molecule has 3 heteroatoms. The second-order valence-electron chi connectivity index (χ2n) is 2.79. The van der Waals surface area contributed by atoms with E-state index in [1.165, 1.54) is 12.2 Å². The van der Waals surface area contributed by atoms with Crippen molar-refractivity contribution in [3.63, 3.8) is 0 Å². The minimum absolute atomic E-state index is 0.00163. The number of nitrogens with two attached hydrogens (primary N) is 1. The first-order valence-corrected chi connectivity index (χ1v) is 3.78. The number of hydrogen-bond acceptors (Lipinski definition) is 3. The molecule has 1 rings (SSSR count). The number of allylic oxidation sites excluding steroid dienone is 5. The van der Waals surface area contributed by atoms with E-state index in [1.807, 2.05) is 6.07 Å². The lowest BCUT2D eigenvalue weighted by Crippen LogP contribution is -2.02. The van der Waals surface area contributed by atoms with Crippen LogP contribution in [0.15, 0.2) is 47.4 Å². The van der Waals surface area contributed by atoms with Gasteiger partial charge in [-0.1, -0.05) is 6.58 Å². The first-order chi connectivity index (χ1) is 6.13. The van der Waals surface area contributed by atoms with Crippen LogP contribution in [-0.4, -0.2) is 5.11 Å². The highest BCUT2D eigenvalue weighted by Crippen LogP contribution is 2.16. The Hall–Kier alpha value is -1.95. The van der Waals surface area contributed by atoms with Gasteiger partial charge in [0.1, 0.15) is 5.76 Å². The maximum Gasteiger partial charge on any atom is 0.138 e. The van der Waals surface area contributed by atoms with Crippen LogP contribution < -0.4 is 5.73 Å². The number of rotatable bonds is 0. The maximum absolute atomic E-state index is 9.31. The highest BCUT2D eigenvalue weighted by atomic mass is 16.3. The average molecular weight is 174 g/mol. The summed E-state index contributed by atoms with van der Waals surface area (Å²) in [6.07, 6.45) is 5.01. The molecule has 0 aromatic rings. The Balaban J connectivity index is 3.10. The second-order valence-corrected chi connectivity index (χ2v) is 2.79. The molecule has 0 amide bonds. The Bertz CT molecular complexity index is 367. The van der Waals surface area contributed by atoms with Crippen molar-refractivity contribution in [1.29, 1.82) is 5.26 Å². The minimum atomic E-state index is -0.00163. The van der Waals surface area contributed by atoms with E-state index >= 15 is 0 Å².